The average molecular weight is 232 g/mol. The van der Waals surface area contributed by atoms with Crippen molar-refractivity contribution < 1.29 is 9.53 Å². The van der Waals surface area contributed by atoms with Gasteiger partial charge in [0, 0.05) is 31.4 Å². The zero-order chi connectivity index (χ0) is 12.1. The third-order valence-electron chi connectivity index (χ3n) is 2.21. The van der Waals surface area contributed by atoms with E-state index in [0.717, 1.165) is 5.39 Å². The molecule has 6 nitrogen and oxygen atoms in total. The first-order valence-corrected chi connectivity index (χ1v) is 5.14. The van der Waals surface area contributed by atoms with Crippen LogP contribution >= 0.6 is 0 Å². The lowest BCUT2D eigenvalue weighted by Crippen LogP contribution is -2.27. The van der Waals surface area contributed by atoms with Crippen molar-refractivity contribution in [3.8, 4) is 0 Å². The Labute approximate surface area is 98.1 Å². The van der Waals surface area contributed by atoms with Crippen LogP contribution < -0.4 is 5.32 Å². The van der Waals surface area contributed by atoms with Crippen LogP contribution in [0.3, 0.4) is 0 Å². The Morgan fingerprint density at radius 3 is 3.12 bits per heavy atom. The molecule has 0 saturated heterocycles. The van der Waals surface area contributed by atoms with Gasteiger partial charge in [-0.1, -0.05) is 0 Å². The van der Waals surface area contributed by atoms with E-state index >= 15 is 0 Å². The van der Waals surface area contributed by atoms with Gasteiger partial charge >= 0.3 is 0 Å². The molecule has 0 saturated carbocycles. The van der Waals surface area contributed by atoms with E-state index < -0.39 is 0 Å². The topological polar surface area (TPSA) is 77.0 Å². The minimum absolute atomic E-state index is 0.180. The maximum Gasteiger partial charge on any atom is 0.252 e. The molecule has 0 aliphatic heterocycles. The van der Waals surface area contributed by atoms with Crippen molar-refractivity contribution in [3.05, 3.63) is 30.4 Å². The number of carbonyl (C=O) groups is 1. The predicted molar refractivity (Wildman–Crippen MR) is 61.5 cm³/mol. The number of amides is 1. The van der Waals surface area contributed by atoms with Gasteiger partial charge in [-0.3, -0.25) is 4.79 Å². The highest BCUT2D eigenvalue weighted by Crippen LogP contribution is 2.08. The van der Waals surface area contributed by atoms with Gasteiger partial charge in [0.1, 0.15) is 6.33 Å². The third kappa shape index (κ3) is 2.73. The zero-order valence-electron chi connectivity index (χ0n) is 9.38. The lowest BCUT2D eigenvalue weighted by Gasteiger charge is -2.04. The fourth-order valence-corrected chi connectivity index (χ4v) is 1.37. The summed E-state index contributed by atoms with van der Waals surface area (Å²) in [6.45, 7) is 0.953. The fraction of sp³-hybridized carbons (Fsp3) is 0.273. The van der Waals surface area contributed by atoms with Crippen molar-refractivity contribution in [2.24, 2.45) is 0 Å². The van der Waals surface area contributed by atoms with E-state index in [1.54, 1.807) is 19.4 Å². The summed E-state index contributed by atoms with van der Waals surface area (Å²) < 4.78 is 4.85. The number of aromatic nitrogens is 3. The maximum atomic E-state index is 11.7. The molecule has 2 aromatic rings. The van der Waals surface area contributed by atoms with Crippen molar-refractivity contribution in [2.75, 3.05) is 20.3 Å². The van der Waals surface area contributed by atoms with Crippen molar-refractivity contribution in [1.29, 1.82) is 0 Å². The highest BCUT2D eigenvalue weighted by Gasteiger charge is 2.06. The maximum absolute atomic E-state index is 11.7. The van der Waals surface area contributed by atoms with Gasteiger partial charge in [0.25, 0.3) is 5.91 Å². The monoisotopic (exact) mass is 232 g/mol. The number of fused-ring (bicyclic) bond motifs is 1. The summed E-state index contributed by atoms with van der Waals surface area (Å²) in [5.41, 5.74) is 1.07. The summed E-state index contributed by atoms with van der Waals surface area (Å²) >= 11 is 0. The standard InChI is InChI=1S/C11H12N4O2/c1-17-3-2-13-11(16)9-4-8-5-12-7-15-10(8)14-6-9/h4-7H,2-3H2,1H3,(H,13,16). The van der Waals surface area contributed by atoms with Crippen LogP contribution in [0.5, 0.6) is 0 Å². The van der Waals surface area contributed by atoms with E-state index in [2.05, 4.69) is 20.3 Å². The van der Waals surface area contributed by atoms with Crippen molar-refractivity contribution in [1.82, 2.24) is 20.3 Å². The molecule has 0 aromatic carbocycles. The first-order valence-electron chi connectivity index (χ1n) is 5.14. The van der Waals surface area contributed by atoms with Gasteiger partial charge in [-0.15, -0.1) is 0 Å². The molecule has 0 aliphatic rings. The van der Waals surface area contributed by atoms with Gasteiger partial charge in [0.15, 0.2) is 5.65 Å². The Bertz CT molecular complexity index is 530. The molecule has 0 atom stereocenters. The van der Waals surface area contributed by atoms with Crippen LogP contribution in [0.1, 0.15) is 10.4 Å². The largest absolute Gasteiger partial charge is 0.383 e. The molecule has 1 amide bonds. The highest BCUT2D eigenvalue weighted by atomic mass is 16.5. The van der Waals surface area contributed by atoms with Crippen LogP contribution in [-0.4, -0.2) is 41.1 Å². The van der Waals surface area contributed by atoms with Gasteiger partial charge in [0.05, 0.1) is 12.2 Å². The van der Waals surface area contributed by atoms with E-state index in [1.165, 1.54) is 12.5 Å². The van der Waals surface area contributed by atoms with E-state index in [4.69, 9.17) is 4.74 Å². The molecule has 88 valence electrons. The summed E-state index contributed by atoms with van der Waals surface area (Å²) in [4.78, 5) is 23.7. The van der Waals surface area contributed by atoms with E-state index in [9.17, 15) is 4.79 Å². The summed E-state index contributed by atoms with van der Waals surface area (Å²) in [5.74, 6) is -0.180. The Hall–Kier alpha value is -2.08. The molecule has 0 spiro atoms. The highest BCUT2D eigenvalue weighted by molar-refractivity contribution is 5.96. The van der Waals surface area contributed by atoms with Crippen LogP contribution in [-0.2, 0) is 4.74 Å². The number of ether oxygens (including phenoxy) is 1. The number of nitrogens with zero attached hydrogens (tertiary/aromatic N) is 3. The Morgan fingerprint density at radius 1 is 1.41 bits per heavy atom. The van der Waals surface area contributed by atoms with Crippen molar-refractivity contribution in [3.63, 3.8) is 0 Å². The van der Waals surface area contributed by atoms with Gasteiger partial charge in [-0.2, -0.15) is 0 Å². The molecule has 1 N–H and O–H groups in total. The van der Waals surface area contributed by atoms with E-state index in [1.807, 2.05) is 0 Å². The number of hydrogen-bond acceptors (Lipinski definition) is 5. The molecule has 0 aliphatic carbocycles. The Kier molecular flexibility index (Phi) is 3.56. The van der Waals surface area contributed by atoms with Gasteiger partial charge in [0.2, 0.25) is 0 Å². The second kappa shape index (κ2) is 5.31. The summed E-state index contributed by atoms with van der Waals surface area (Å²) in [5, 5.41) is 3.46. The summed E-state index contributed by atoms with van der Waals surface area (Å²) in [6, 6.07) is 1.71. The molecular weight excluding hydrogens is 220 g/mol. The second-order valence-corrected chi connectivity index (χ2v) is 3.41. The lowest BCUT2D eigenvalue weighted by atomic mass is 10.2. The molecule has 2 aromatic heterocycles. The van der Waals surface area contributed by atoms with Gasteiger partial charge in [-0.05, 0) is 6.07 Å². The van der Waals surface area contributed by atoms with Crippen LogP contribution in [0.25, 0.3) is 11.0 Å². The SMILES string of the molecule is COCCNC(=O)c1cnc2ncncc2c1. The molecule has 17 heavy (non-hydrogen) atoms. The summed E-state index contributed by atoms with van der Waals surface area (Å²) in [7, 11) is 1.58. The number of pyridine rings is 1. The lowest BCUT2D eigenvalue weighted by molar-refractivity contribution is 0.0937. The van der Waals surface area contributed by atoms with Gasteiger partial charge < -0.3 is 10.1 Å². The molecular formula is C11H12N4O2. The first-order chi connectivity index (χ1) is 8.31. The smallest absolute Gasteiger partial charge is 0.252 e. The number of methoxy groups -OCH3 is 1. The van der Waals surface area contributed by atoms with Crippen LogP contribution in [0.15, 0.2) is 24.8 Å². The zero-order valence-corrected chi connectivity index (χ0v) is 9.38. The predicted octanol–water partition coefficient (Wildman–Crippen LogP) is 0.401. The van der Waals surface area contributed by atoms with Crippen molar-refractivity contribution >= 4 is 16.9 Å². The van der Waals surface area contributed by atoms with Crippen LogP contribution in [0.4, 0.5) is 0 Å². The number of hydrogen-bond donors (Lipinski definition) is 1. The normalized spacial score (nSPS) is 10.4. The minimum Gasteiger partial charge on any atom is -0.383 e. The van der Waals surface area contributed by atoms with E-state index in [-0.39, 0.29) is 5.91 Å². The van der Waals surface area contributed by atoms with Gasteiger partial charge in [-0.25, -0.2) is 15.0 Å². The fourth-order valence-electron chi connectivity index (χ4n) is 1.37. The van der Waals surface area contributed by atoms with Crippen molar-refractivity contribution in [2.45, 2.75) is 0 Å². The molecule has 2 heterocycles. The molecule has 2 rings (SSSR count). The van der Waals surface area contributed by atoms with Crippen LogP contribution in [0.2, 0.25) is 0 Å². The first kappa shape index (κ1) is 11.4. The summed E-state index contributed by atoms with van der Waals surface area (Å²) in [6.07, 6.45) is 4.55. The van der Waals surface area contributed by atoms with Crippen LogP contribution in [0, 0.1) is 0 Å². The molecule has 0 unspecified atom stereocenters. The minimum atomic E-state index is -0.180. The number of nitrogens with one attached hydrogen (secondary N) is 1. The molecule has 0 fully saturated rings. The quantitative estimate of drug-likeness (QED) is 0.772. The Morgan fingerprint density at radius 2 is 2.29 bits per heavy atom. The average Bonchev–Trinajstić information content (AvgIpc) is 2.38. The third-order valence-corrected chi connectivity index (χ3v) is 2.21. The molecule has 0 bridgehead atoms. The Balaban J connectivity index is 2.15. The number of carbonyl (C=O) groups excluding carboxylic acids is 1. The molecule has 0 radical (unpaired) electrons. The molecule has 6 heteroatoms. The second-order valence-electron chi connectivity index (χ2n) is 3.41. The number of rotatable bonds is 4. The van der Waals surface area contributed by atoms with E-state index in [0.29, 0.717) is 24.4 Å².